The lowest BCUT2D eigenvalue weighted by Gasteiger charge is -2.41. The van der Waals surface area contributed by atoms with Gasteiger partial charge in [-0.2, -0.15) is 0 Å². The number of halogens is 1. The van der Waals surface area contributed by atoms with Gasteiger partial charge < -0.3 is 15.4 Å². The topological polar surface area (TPSA) is 83.0 Å². The minimum absolute atomic E-state index is 0. The number of benzene rings is 1. The highest BCUT2D eigenvalue weighted by Crippen LogP contribution is 2.15. The molecule has 154 valence electrons. The van der Waals surface area contributed by atoms with Crippen molar-refractivity contribution < 1.29 is 13.2 Å². The summed E-state index contributed by atoms with van der Waals surface area (Å²) in [6.45, 7) is 9.19. The van der Waals surface area contributed by atoms with Crippen LogP contribution in [-0.2, 0) is 21.1 Å². The third-order valence-corrected chi connectivity index (χ3v) is 5.72. The third-order valence-electron chi connectivity index (χ3n) is 4.59. The molecule has 0 unspecified atom stereocenters. The predicted octanol–water partition coefficient (Wildman–Crippen LogP) is 1.48. The number of aliphatic imine (C=N–C) groups is 1. The minimum atomic E-state index is -3.16. The third kappa shape index (κ3) is 7.55. The lowest BCUT2D eigenvalue weighted by atomic mass is 10.0. The fraction of sp³-hybridized carbons (Fsp3) is 0.611. The summed E-state index contributed by atoms with van der Waals surface area (Å²) in [5, 5.41) is 6.64. The maximum absolute atomic E-state index is 11.5. The fourth-order valence-electron chi connectivity index (χ4n) is 2.84. The molecule has 1 heterocycles. The van der Waals surface area contributed by atoms with Gasteiger partial charge in [-0.15, -0.1) is 24.0 Å². The van der Waals surface area contributed by atoms with Gasteiger partial charge in [0.15, 0.2) is 15.8 Å². The van der Waals surface area contributed by atoms with E-state index in [0.717, 1.165) is 44.4 Å². The summed E-state index contributed by atoms with van der Waals surface area (Å²) in [4.78, 5) is 7.01. The molecule has 1 aromatic carbocycles. The number of nitrogens with one attached hydrogen (secondary N) is 2. The van der Waals surface area contributed by atoms with Crippen LogP contribution in [0.3, 0.4) is 0 Å². The van der Waals surface area contributed by atoms with Gasteiger partial charge in [0.05, 0.1) is 18.1 Å². The second kappa shape index (κ2) is 10.6. The van der Waals surface area contributed by atoms with E-state index in [1.54, 1.807) is 19.2 Å². The number of nitrogens with zero attached hydrogens (tertiary/aromatic N) is 2. The summed E-state index contributed by atoms with van der Waals surface area (Å²) in [6.07, 6.45) is 1.21. The molecule has 2 N–H and O–H groups in total. The van der Waals surface area contributed by atoms with E-state index in [-0.39, 0.29) is 29.5 Å². The Morgan fingerprint density at radius 2 is 1.78 bits per heavy atom. The molecule has 1 aliphatic heterocycles. The predicted molar refractivity (Wildman–Crippen MR) is 120 cm³/mol. The molecule has 0 bridgehead atoms. The second-order valence-electron chi connectivity index (χ2n) is 7.11. The summed E-state index contributed by atoms with van der Waals surface area (Å²) in [6, 6.07) is 6.89. The summed E-state index contributed by atoms with van der Waals surface area (Å²) >= 11 is 0. The Bertz CT molecular complexity index is 715. The van der Waals surface area contributed by atoms with Crippen molar-refractivity contribution in [3.05, 3.63) is 29.8 Å². The van der Waals surface area contributed by atoms with Gasteiger partial charge in [-0.25, -0.2) is 8.42 Å². The van der Waals surface area contributed by atoms with Gasteiger partial charge in [0, 0.05) is 45.0 Å². The largest absolute Gasteiger partial charge is 0.379 e. The maximum Gasteiger partial charge on any atom is 0.191 e. The molecule has 0 aliphatic carbocycles. The van der Waals surface area contributed by atoms with Crippen molar-refractivity contribution in [1.29, 1.82) is 0 Å². The summed E-state index contributed by atoms with van der Waals surface area (Å²) in [5.41, 5.74) is 0.992. The zero-order valence-corrected chi connectivity index (χ0v) is 19.6. The number of hydrogen-bond donors (Lipinski definition) is 2. The van der Waals surface area contributed by atoms with Crippen molar-refractivity contribution in [1.82, 2.24) is 15.5 Å². The Balaban J connectivity index is 0.00000364. The number of guanidine groups is 1. The van der Waals surface area contributed by atoms with E-state index in [0.29, 0.717) is 11.4 Å². The summed E-state index contributed by atoms with van der Waals surface area (Å²) in [7, 11) is -1.42. The SMILES string of the molecule is CN=C(NCc1ccc(S(C)(=O)=O)cc1)NCC(C)(C)N1CCOCC1.I. The molecule has 7 nitrogen and oxygen atoms in total. The molecule has 1 aliphatic rings. The van der Waals surface area contributed by atoms with Crippen LogP contribution >= 0.6 is 24.0 Å². The zero-order valence-electron chi connectivity index (χ0n) is 16.5. The Kier molecular flexibility index (Phi) is 9.46. The number of sulfone groups is 1. The minimum Gasteiger partial charge on any atom is -0.379 e. The summed E-state index contributed by atoms with van der Waals surface area (Å²) < 4.78 is 28.4. The van der Waals surface area contributed by atoms with Crippen molar-refractivity contribution in [2.75, 3.05) is 46.2 Å². The molecule has 2 rings (SSSR count). The normalized spacial score (nSPS) is 16.5. The van der Waals surface area contributed by atoms with Gasteiger partial charge in [-0.1, -0.05) is 12.1 Å². The molecule has 1 saturated heterocycles. The number of morpholine rings is 1. The van der Waals surface area contributed by atoms with Crippen molar-refractivity contribution in [3.8, 4) is 0 Å². The van der Waals surface area contributed by atoms with Gasteiger partial charge in [-0.3, -0.25) is 9.89 Å². The molecule has 0 radical (unpaired) electrons. The van der Waals surface area contributed by atoms with Gasteiger partial charge in [0.25, 0.3) is 0 Å². The highest BCUT2D eigenvalue weighted by Gasteiger charge is 2.28. The highest BCUT2D eigenvalue weighted by atomic mass is 127. The molecule has 1 aromatic rings. The first-order chi connectivity index (χ1) is 12.2. The van der Waals surface area contributed by atoms with Gasteiger partial charge >= 0.3 is 0 Å². The molecule has 27 heavy (non-hydrogen) atoms. The second-order valence-corrected chi connectivity index (χ2v) is 9.12. The van der Waals surface area contributed by atoms with Crippen LogP contribution in [0.2, 0.25) is 0 Å². The molecule has 1 fully saturated rings. The van der Waals surface area contributed by atoms with Crippen LogP contribution in [0, 0.1) is 0 Å². The van der Waals surface area contributed by atoms with Crippen LogP contribution in [0.4, 0.5) is 0 Å². The molecule has 0 atom stereocenters. The number of hydrogen-bond acceptors (Lipinski definition) is 5. The van der Waals surface area contributed by atoms with Crippen LogP contribution in [0.15, 0.2) is 34.2 Å². The average Bonchev–Trinajstić information content (AvgIpc) is 2.62. The van der Waals surface area contributed by atoms with Crippen LogP contribution in [0.1, 0.15) is 19.4 Å². The smallest absolute Gasteiger partial charge is 0.191 e. The quantitative estimate of drug-likeness (QED) is 0.343. The molecule has 0 spiro atoms. The van der Waals surface area contributed by atoms with E-state index in [9.17, 15) is 8.42 Å². The molecule has 0 saturated carbocycles. The number of rotatable bonds is 6. The lowest BCUT2D eigenvalue weighted by Crippen LogP contribution is -2.56. The molecular formula is C18H31IN4O3S. The first-order valence-corrected chi connectivity index (χ1v) is 10.7. The Morgan fingerprint density at radius 1 is 1.19 bits per heavy atom. The van der Waals surface area contributed by atoms with Crippen molar-refractivity contribution in [2.45, 2.75) is 30.8 Å². The van der Waals surface area contributed by atoms with Crippen molar-refractivity contribution in [3.63, 3.8) is 0 Å². The van der Waals surface area contributed by atoms with Gasteiger partial charge in [0.2, 0.25) is 0 Å². The Hall–Kier alpha value is -0.910. The molecule has 0 amide bonds. The van der Waals surface area contributed by atoms with Gasteiger partial charge in [-0.05, 0) is 31.5 Å². The fourth-order valence-corrected chi connectivity index (χ4v) is 3.47. The van der Waals surface area contributed by atoms with Gasteiger partial charge in [0.1, 0.15) is 0 Å². The molecule has 9 heteroatoms. The highest BCUT2D eigenvalue weighted by molar-refractivity contribution is 14.0. The van der Waals surface area contributed by atoms with Crippen LogP contribution in [0.25, 0.3) is 0 Å². The first kappa shape index (κ1) is 24.1. The van der Waals surface area contributed by atoms with Crippen molar-refractivity contribution >= 4 is 39.8 Å². The van der Waals surface area contributed by atoms with E-state index in [1.807, 2.05) is 12.1 Å². The monoisotopic (exact) mass is 510 g/mol. The zero-order chi connectivity index (χ0) is 19.2. The van der Waals surface area contributed by atoms with E-state index in [2.05, 4.69) is 34.4 Å². The standard InChI is InChI=1S/C18H30N4O3S.HI/c1-18(2,22-9-11-25-12-10-22)14-21-17(19-3)20-13-15-5-7-16(8-6-15)26(4,23)24;/h5-8H,9-14H2,1-4H3,(H2,19,20,21);1H. The first-order valence-electron chi connectivity index (χ1n) is 8.79. The van der Waals surface area contributed by atoms with E-state index < -0.39 is 9.84 Å². The Morgan fingerprint density at radius 3 is 2.30 bits per heavy atom. The molecule has 0 aromatic heterocycles. The Labute approximate surface area is 179 Å². The van der Waals surface area contributed by atoms with Crippen molar-refractivity contribution in [2.24, 2.45) is 4.99 Å². The molecular weight excluding hydrogens is 479 g/mol. The van der Waals surface area contributed by atoms with Crippen LogP contribution in [-0.4, -0.2) is 71.0 Å². The maximum atomic E-state index is 11.5. The van der Waals surface area contributed by atoms with E-state index >= 15 is 0 Å². The summed E-state index contributed by atoms with van der Waals surface area (Å²) in [5.74, 6) is 0.721. The van der Waals surface area contributed by atoms with Crippen LogP contribution < -0.4 is 10.6 Å². The van der Waals surface area contributed by atoms with Crippen LogP contribution in [0.5, 0.6) is 0 Å². The lowest BCUT2D eigenvalue weighted by molar-refractivity contribution is -0.00834. The van der Waals surface area contributed by atoms with E-state index in [4.69, 9.17) is 4.74 Å². The average molecular weight is 510 g/mol. The van der Waals surface area contributed by atoms with E-state index in [1.165, 1.54) is 6.26 Å². The number of ether oxygens (including phenoxy) is 1.